The predicted octanol–water partition coefficient (Wildman–Crippen LogP) is 1.31. The Kier molecular flexibility index (Phi) is 3.57. The first-order chi connectivity index (χ1) is 9.13. The van der Waals surface area contributed by atoms with E-state index in [0.717, 1.165) is 4.68 Å². The molecule has 0 unspecified atom stereocenters. The molecule has 0 bridgehead atoms. The van der Waals surface area contributed by atoms with Crippen LogP contribution in [0.1, 0.15) is 11.1 Å². The van der Waals surface area contributed by atoms with Crippen LogP contribution < -0.4 is 10.3 Å². The lowest BCUT2D eigenvalue weighted by atomic mass is 10.1. The fourth-order valence-electron chi connectivity index (χ4n) is 1.62. The van der Waals surface area contributed by atoms with Gasteiger partial charge in [-0.25, -0.2) is 9.07 Å². The fourth-order valence-corrected chi connectivity index (χ4v) is 1.62. The zero-order chi connectivity index (χ0) is 13.8. The van der Waals surface area contributed by atoms with Gasteiger partial charge in [0.1, 0.15) is 5.82 Å². The first-order valence-corrected chi connectivity index (χ1v) is 5.44. The fraction of sp³-hybridized carbons (Fsp3) is 0.154. The molecule has 0 atom stereocenters. The van der Waals surface area contributed by atoms with E-state index in [-0.39, 0.29) is 18.0 Å². The molecule has 1 aromatic carbocycles. The molecule has 0 saturated carbocycles. The second-order valence-corrected chi connectivity index (χ2v) is 3.78. The summed E-state index contributed by atoms with van der Waals surface area (Å²) in [7, 11) is 1.43. The Balaban J connectivity index is 2.44. The van der Waals surface area contributed by atoms with Gasteiger partial charge in [0.2, 0.25) is 5.88 Å². The molecule has 0 N–H and O–H groups in total. The SMILES string of the molecule is COc1ccc(=O)n(Cc2cc(F)ccc2C#N)n1. The Morgan fingerprint density at radius 2 is 2.21 bits per heavy atom. The van der Waals surface area contributed by atoms with Gasteiger partial charge in [0.15, 0.2) is 0 Å². The van der Waals surface area contributed by atoms with Crippen molar-refractivity contribution in [2.75, 3.05) is 7.11 Å². The van der Waals surface area contributed by atoms with Crippen LogP contribution in [0.15, 0.2) is 35.1 Å². The molecule has 0 aliphatic rings. The minimum absolute atomic E-state index is 0.0106. The van der Waals surface area contributed by atoms with Crippen LogP contribution in [0.2, 0.25) is 0 Å². The van der Waals surface area contributed by atoms with E-state index in [1.807, 2.05) is 6.07 Å². The van der Waals surface area contributed by atoms with Crippen LogP contribution in [0, 0.1) is 17.1 Å². The summed E-state index contributed by atoms with van der Waals surface area (Å²) in [5.41, 5.74) is 0.345. The van der Waals surface area contributed by atoms with Crippen molar-refractivity contribution in [1.29, 1.82) is 5.26 Å². The Labute approximate surface area is 108 Å². The van der Waals surface area contributed by atoms with E-state index < -0.39 is 5.82 Å². The van der Waals surface area contributed by atoms with Crippen LogP contribution >= 0.6 is 0 Å². The highest BCUT2D eigenvalue weighted by molar-refractivity contribution is 5.37. The van der Waals surface area contributed by atoms with E-state index in [9.17, 15) is 9.18 Å². The van der Waals surface area contributed by atoms with E-state index in [0.29, 0.717) is 11.1 Å². The molecule has 6 heteroatoms. The molecular formula is C13H10FN3O2. The maximum Gasteiger partial charge on any atom is 0.267 e. The van der Waals surface area contributed by atoms with Crippen LogP contribution in [0.4, 0.5) is 4.39 Å². The number of nitriles is 1. The van der Waals surface area contributed by atoms with Gasteiger partial charge in [0.25, 0.3) is 5.56 Å². The minimum Gasteiger partial charge on any atom is -0.480 e. The number of hydrogen-bond acceptors (Lipinski definition) is 4. The van der Waals surface area contributed by atoms with E-state index in [4.69, 9.17) is 10.00 Å². The van der Waals surface area contributed by atoms with Crippen molar-refractivity contribution in [2.45, 2.75) is 6.54 Å². The van der Waals surface area contributed by atoms with E-state index in [2.05, 4.69) is 5.10 Å². The molecule has 1 heterocycles. The van der Waals surface area contributed by atoms with Crippen molar-refractivity contribution in [3.8, 4) is 11.9 Å². The van der Waals surface area contributed by atoms with Gasteiger partial charge in [0, 0.05) is 12.1 Å². The van der Waals surface area contributed by atoms with Crippen LogP contribution in [0.25, 0.3) is 0 Å². The molecule has 19 heavy (non-hydrogen) atoms. The number of halogens is 1. The summed E-state index contributed by atoms with van der Waals surface area (Å²) in [5.74, 6) is -0.195. The second-order valence-electron chi connectivity index (χ2n) is 3.78. The third kappa shape index (κ3) is 2.77. The second kappa shape index (κ2) is 5.31. The lowest BCUT2D eigenvalue weighted by Crippen LogP contribution is -2.23. The number of methoxy groups -OCH3 is 1. The summed E-state index contributed by atoms with van der Waals surface area (Å²) in [6.45, 7) is 0.0106. The summed E-state index contributed by atoms with van der Waals surface area (Å²) in [4.78, 5) is 11.6. The molecule has 1 aromatic heterocycles. The van der Waals surface area contributed by atoms with Gasteiger partial charge < -0.3 is 4.74 Å². The molecule has 0 saturated heterocycles. The smallest absolute Gasteiger partial charge is 0.267 e. The monoisotopic (exact) mass is 259 g/mol. The molecule has 0 spiro atoms. The Bertz CT molecular complexity index is 704. The van der Waals surface area contributed by atoms with Gasteiger partial charge in [-0.05, 0) is 23.8 Å². The molecular weight excluding hydrogens is 249 g/mol. The molecule has 0 aliphatic carbocycles. The number of ether oxygens (including phenoxy) is 1. The third-order valence-corrected chi connectivity index (χ3v) is 2.56. The van der Waals surface area contributed by atoms with E-state index >= 15 is 0 Å². The highest BCUT2D eigenvalue weighted by Crippen LogP contribution is 2.11. The average Bonchev–Trinajstić information content (AvgIpc) is 2.41. The van der Waals surface area contributed by atoms with Gasteiger partial charge >= 0.3 is 0 Å². The van der Waals surface area contributed by atoms with Crippen LogP contribution in [0.5, 0.6) is 5.88 Å². The van der Waals surface area contributed by atoms with Crippen molar-refractivity contribution in [2.24, 2.45) is 0 Å². The summed E-state index contributed by atoms with van der Waals surface area (Å²) < 4.78 is 19.2. The standard InChI is InChI=1S/C13H10FN3O2/c1-19-12-4-5-13(18)17(16-12)8-10-6-11(14)3-2-9(10)7-15/h2-6H,8H2,1H3. The lowest BCUT2D eigenvalue weighted by Gasteiger charge is -2.07. The summed E-state index contributed by atoms with van der Waals surface area (Å²) in [6.07, 6.45) is 0. The Morgan fingerprint density at radius 1 is 1.42 bits per heavy atom. The number of benzene rings is 1. The molecule has 2 rings (SSSR count). The number of hydrogen-bond donors (Lipinski definition) is 0. The van der Waals surface area contributed by atoms with Gasteiger partial charge in [0.05, 0.1) is 25.3 Å². The van der Waals surface area contributed by atoms with Crippen molar-refractivity contribution < 1.29 is 9.13 Å². The first kappa shape index (κ1) is 12.8. The van der Waals surface area contributed by atoms with Gasteiger partial charge in [-0.3, -0.25) is 4.79 Å². The molecule has 5 nitrogen and oxygen atoms in total. The van der Waals surface area contributed by atoms with Crippen LogP contribution in [-0.4, -0.2) is 16.9 Å². The Hall–Kier alpha value is -2.68. The summed E-state index contributed by atoms with van der Waals surface area (Å²) in [6, 6.07) is 8.48. The molecule has 0 fully saturated rings. The van der Waals surface area contributed by atoms with Gasteiger partial charge in [-0.1, -0.05) is 0 Å². The maximum atomic E-state index is 13.2. The summed E-state index contributed by atoms with van der Waals surface area (Å²) in [5, 5.41) is 12.9. The average molecular weight is 259 g/mol. The predicted molar refractivity (Wildman–Crippen MR) is 65.3 cm³/mol. The van der Waals surface area contributed by atoms with Gasteiger partial charge in [-0.15, -0.1) is 5.10 Å². The van der Waals surface area contributed by atoms with E-state index in [1.165, 1.54) is 37.4 Å². The lowest BCUT2D eigenvalue weighted by molar-refractivity contribution is 0.378. The highest BCUT2D eigenvalue weighted by Gasteiger charge is 2.07. The molecule has 0 amide bonds. The largest absolute Gasteiger partial charge is 0.480 e. The number of aromatic nitrogens is 2. The van der Waals surface area contributed by atoms with E-state index in [1.54, 1.807) is 0 Å². The molecule has 0 aliphatic heterocycles. The topological polar surface area (TPSA) is 67.9 Å². The number of rotatable bonds is 3. The zero-order valence-electron chi connectivity index (χ0n) is 10.1. The Morgan fingerprint density at radius 3 is 2.89 bits per heavy atom. The molecule has 0 radical (unpaired) electrons. The molecule has 2 aromatic rings. The highest BCUT2D eigenvalue weighted by atomic mass is 19.1. The normalized spacial score (nSPS) is 9.95. The zero-order valence-corrected chi connectivity index (χ0v) is 10.1. The van der Waals surface area contributed by atoms with Crippen LogP contribution in [-0.2, 0) is 6.54 Å². The summed E-state index contributed by atoms with van der Waals surface area (Å²) >= 11 is 0. The van der Waals surface area contributed by atoms with Crippen LogP contribution in [0.3, 0.4) is 0 Å². The van der Waals surface area contributed by atoms with Crippen molar-refractivity contribution in [3.05, 3.63) is 57.6 Å². The van der Waals surface area contributed by atoms with Crippen molar-refractivity contribution in [1.82, 2.24) is 9.78 Å². The minimum atomic E-state index is -0.468. The first-order valence-electron chi connectivity index (χ1n) is 5.44. The third-order valence-electron chi connectivity index (χ3n) is 2.56. The molecule has 96 valence electrons. The van der Waals surface area contributed by atoms with Gasteiger partial charge in [-0.2, -0.15) is 5.26 Å². The van der Waals surface area contributed by atoms with Crippen molar-refractivity contribution >= 4 is 0 Å². The number of nitrogens with zero attached hydrogens (tertiary/aromatic N) is 3. The quantitative estimate of drug-likeness (QED) is 0.833. The van der Waals surface area contributed by atoms with Crippen molar-refractivity contribution in [3.63, 3.8) is 0 Å². The maximum absolute atomic E-state index is 13.2.